The fourth-order valence-corrected chi connectivity index (χ4v) is 5.67. The predicted molar refractivity (Wildman–Crippen MR) is 100 cm³/mol. The molecule has 0 aromatic heterocycles. The summed E-state index contributed by atoms with van der Waals surface area (Å²) >= 11 is 0. The molecule has 0 aromatic carbocycles. The third-order valence-corrected chi connectivity index (χ3v) is 7.61. The van der Waals surface area contributed by atoms with Crippen molar-refractivity contribution in [3.63, 3.8) is 0 Å². The standard InChI is InChI=1S/C19H38F2O3S/c1-11-17(8,14-16(6,7)13-15(3,4)5)19(20,21)18(9,12-2)25(22,23)24-10/h11-14H2,1-10H3. The van der Waals surface area contributed by atoms with Gasteiger partial charge >= 0.3 is 0 Å². The molecular formula is C19H38F2O3S. The summed E-state index contributed by atoms with van der Waals surface area (Å²) in [5.41, 5.74) is -1.81. The van der Waals surface area contributed by atoms with E-state index in [1.54, 1.807) is 6.92 Å². The van der Waals surface area contributed by atoms with Gasteiger partial charge in [-0.25, -0.2) is 8.78 Å². The summed E-state index contributed by atoms with van der Waals surface area (Å²) in [5, 5.41) is 0. The zero-order chi connectivity index (χ0) is 20.5. The summed E-state index contributed by atoms with van der Waals surface area (Å²) in [5.74, 6) is -3.44. The molecule has 0 rings (SSSR count). The Kier molecular flexibility index (Phi) is 7.35. The second-order valence-electron chi connectivity index (χ2n) is 9.77. The van der Waals surface area contributed by atoms with Crippen LogP contribution in [0.3, 0.4) is 0 Å². The normalized spacial score (nSPS) is 19.4. The lowest BCUT2D eigenvalue weighted by Crippen LogP contribution is -2.60. The predicted octanol–water partition coefficient (Wildman–Crippen LogP) is 6.04. The number of halogens is 2. The minimum atomic E-state index is -4.40. The van der Waals surface area contributed by atoms with Gasteiger partial charge in [0.2, 0.25) is 0 Å². The van der Waals surface area contributed by atoms with Crippen LogP contribution in [-0.2, 0) is 14.3 Å². The molecule has 152 valence electrons. The smallest absolute Gasteiger partial charge is 0.273 e. The molecule has 2 unspecified atom stereocenters. The summed E-state index contributed by atoms with van der Waals surface area (Å²) in [6.45, 7) is 16.0. The number of alkyl halides is 2. The minimum Gasteiger partial charge on any atom is -0.273 e. The molecule has 3 nitrogen and oxygen atoms in total. The second kappa shape index (κ2) is 7.41. The molecule has 0 heterocycles. The van der Waals surface area contributed by atoms with Crippen molar-refractivity contribution in [2.45, 2.75) is 98.7 Å². The van der Waals surface area contributed by atoms with E-state index in [0.717, 1.165) is 20.5 Å². The van der Waals surface area contributed by atoms with Crippen molar-refractivity contribution < 1.29 is 21.4 Å². The maximum Gasteiger partial charge on any atom is 0.278 e. The molecule has 25 heavy (non-hydrogen) atoms. The molecule has 6 heteroatoms. The first kappa shape index (κ1) is 24.8. The van der Waals surface area contributed by atoms with E-state index in [2.05, 4.69) is 25.0 Å². The van der Waals surface area contributed by atoms with E-state index in [0.29, 0.717) is 0 Å². The van der Waals surface area contributed by atoms with Crippen LogP contribution in [0.25, 0.3) is 0 Å². The minimum absolute atomic E-state index is 0.000102. The van der Waals surface area contributed by atoms with E-state index in [9.17, 15) is 8.42 Å². The largest absolute Gasteiger partial charge is 0.278 e. The third kappa shape index (κ3) is 4.94. The molecule has 2 atom stereocenters. The first-order chi connectivity index (χ1) is 10.8. The number of hydrogen-bond acceptors (Lipinski definition) is 3. The summed E-state index contributed by atoms with van der Waals surface area (Å²) in [4.78, 5) is 0. The van der Waals surface area contributed by atoms with Crippen LogP contribution in [0.4, 0.5) is 8.78 Å². The summed E-state index contributed by atoms with van der Waals surface area (Å²) in [6.07, 6.45) is 0.967. The molecule has 0 saturated heterocycles. The highest BCUT2D eigenvalue weighted by molar-refractivity contribution is 7.88. The molecule has 0 bridgehead atoms. The van der Waals surface area contributed by atoms with Crippen LogP contribution in [-0.4, -0.2) is 26.2 Å². The highest BCUT2D eigenvalue weighted by atomic mass is 32.2. The van der Waals surface area contributed by atoms with Crippen molar-refractivity contribution in [3.05, 3.63) is 0 Å². The van der Waals surface area contributed by atoms with Crippen molar-refractivity contribution >= 4 is 10.1 Å². The quantitative estimate of drug-likeness (QED) is 0.455. The molecule has 0 aliphatic rings. The van der Waals surface area contributed by atoms with Crippen molar-refractivity contribution in [1.29, 1.82) is 0 Å². The molecule has 0 spiro atoms. The van der Waals surface area contributed by atoms with Crippen LogP contribution in [0.15, 0.2) is 0 Å². The van der Waals surface area contributed by atoms with E-state index in [1.807, 2.05) is 13.8 Å². The summed E-state index contributed by atoms with van der Waals surface area (Å²) in [6, 6.07) is 0. The van der Waals surface area contributed by atoms with E-state index in [1.165, 1.54) is 13.8 Å². The van der Waals surface area contributed by atoms with Crippen molar-refractivity contribution in [2.24, 2.45) is 16.2 Å². The van der Waals surface area contributed by atoms with Crippen molar-refractivity contribution in [1.82, 2.24) is 0 Å². The number of rotatable bonds is 9. The Hall–Kier alpha value is -0.230. The van der Waals surface area contributed by atoms with E-state index < -0.39 is 26.2 Å². The molecule has 0 radical (unpaired) electrons. The monoisotopic (exact) mass is 384 g/mol. The molecular weight excluding hydrogens is 346 g/mol. The zero-order valence-corrected chi connectivity index (χ0v) is 18.5. The van der Waals surface area contributed by atoms with Gasteiger partial charge in [0.25, 0.3) is 16.0 Å². The fourth-order valence-electron chi connectivity index (χ4n) is 4.39. The molecule has 0 N–H and O–H groups in total. The lowest BCUT2D eigenvalue weighted by molar-refractivity contribution is -0.161. The van der Waals surface area contributed by atoms with Crippen LogP contribution < -0.4 is 0 Å². The van der Waals surface area contributed by atoms with Gasteiger partial charge < -0.3 is 0 Å². The molecule has 0 aromatic rings. The van der Waals surface area contributed by atoms with Crippen molar-refractivity contribution in [2.75, 3.05) is 7.11 Å². The van der Waals surface area contributed by atoms with E-state index in [4.69, 9.17) is 0 Å². The molecule has 0 fully saturated rings. The Morgan fingerprint density at radius 2 is 1.28 bits per heavy atom. The maximum absolute atomic E-state index is 15.7. The molecule has 0 amide bonds. The lowest BCUT2D eigenvalue weighted by atomic mass is 9.62. The SMILES string of the molecule is CCC(C)(CC(C)(C)CC(C)(C)C)C(F)(F)C(C)(CC)S(=O)(=O)OC. The highest BCUT2D eigenvalue weighted by Crippen LogP contribution is 2.56. The Bertz CT molecular complexity index is 550. The zero-order valence-electron chi connectivity index (χ0n) is 17.7. The highest BCUT2D eigenvalue weighted by Gasteiger charge is 2.66. The molecule has 0 aliphatic heterocycles. The van der Waals surface area contributed by atoms with E-state index >= 15 is 8.78 Å². The van der Waals surface area contributed by atoms with Gasteiger partial charge in [-0.2, -0.15) is 8.42 Å². The third-order valence-electron chi connectivity index (χ3n) is 5.53. The summed E-state index contributed by atoms with van der Waals surface area (Å²) in [7, 11) is -3.45. The Labute approximate surface area is 154 Å². The van der Waals surface area contributed by atoms with Crippen LogP contribution in [0.2, 0.25) is 0 Å². The second-order valence-corrected chi connectivity index (χ2v) is 11.9. The Morgan fingerprint density at radius 1 is 0.840 bits per heavy atom. The average molecular weight is 385 g/mol. The van der Waals surface area contributed by atoms with Crippen LogP contribution in [0.5, 0.6) is 0 Å². The van der Waals surface area contributed by atoms with Gasteiger partial charge in [0.05, 0.1) is 7.11 Å². The first-order valence-electron chi connectivity index (χ1n) is 9.03. The van der Waals surface area contributed by atoms with Crippen LogP contribution in [0.1, 0.15) is 88.0 Å². The van der Waals surface area contributed by atoms with Gasteiger partial charge in [-0.05, 0) is 43.4 Å². The molecule has 0 saturated carbocycles. The van der Waals surface area contributed by atoms with Gasteiger partial charge in [-0.3, -0.25) is 4.18 Å². The Balaban J connectivity index is 6.12. The number of hydrogen-bond donors (Lipinski definition) is 0. The lowest BCUT2D eigenvalue weighted by Gasteiger charge is -2.49. The summed E-state index contributed by atoms with van der Waals surface area (Å²) < 4.78 is 58.4. The van der Waals surface area contributed by atoms with Crippen LogP contribution >= 0.6 is 0 Å². The van der Waals surface area contributed by atoms with Gasteiger partial charge in [0.15, 0.2) is 4.75 Å². The van der Waals surface area contributed by atoms with Crippen LogP contribution in [0, 0.1) is 16.2 Å². The van der Waals surface area contributed by atoms with Gasteiger partial charge in [-0.1, -0.05) is 55.4 Å². The van der Waals surface area contributed by atoms with E-state index in [-0.39, 0.29) is 30.1 Å². The fraction of sp³-hybridized carbons (Fsp3) is 1.00. The maximum atomic E-state index is 15.7. The van der Waals surface area contributed by atoms with Crippen molar-refractivity contribution in [3.8, 4) is 0 Å². The topological polar surface area (TPSA) is 43.4 Å². The Morgan fingerprint density at radius 3 is 1.56 bits per heavy atom. The average Bonchev–Trinajstić information content (AvgIpc) is 2.42. The molecule has 0 aliphatic carbocycles. The van der Waals surface area contributed by atoms with Gasteiger partial charge in [-0.15, -0.1) is 0 Å². The first-order valence-corrected chi connectivity index (χ1v) is 10.4. The van der Waals surface area contributed by atoms with Gasteiger partial charge in [0, 0.05) is 5.41 Å². The van der Waals surface area contributed by atoms with Gasteiger partial charge in [0.1, 0.15) is 0 Å².